The highest BCUT2D eigenvalue weighted by molar-refractivity contribution is 5.69. The number of ether oxygens (including phenoxy) is 1. The summed E-state index contributed by atoms with van der Waals surface area (Å²) in [5.41, 5.74) is 5.98. The molecule has 0 fully saturated rings. The lowest BCUT2D eigenvalue weighted by Gasteiger charge is -2.47. The lowest BCUT2D eigenvalue weighted by Crippen LogP contribution is -2.36. The average molecular weight is 316 g/mol. The van der Waals surface area contributed by atoms with Gasteiger partial charge in [0.1, 0.15) is 0 Å². The van der Waals surface area contributed by atoms with E-state index in [1.807, 2.05) is 0 Å². The summed E-state index contributed by atoms with van der Waals surface area (Å²) < 4.78 is 4.88. The molecule has 0 aliphatic heterocycles. The molecule has 0 saturated carbocycles. The number of carbonyl (C=O) groups is 1. The Kier molecular flexibility index (Phi) is 5.54. The van der Waals surface area contributed by atoms with Gasteiger partial charge in [-0.1, -0.05) is 50.1 Å². The van der Waals surface area contributed by atoms with Crippen LogP contribution in [0.3, 0.4) is 0 Å². The van der Waals surface area contributed by atoms with Crippen LogP contribution < -0.4 is 0 Å². The van der Waals surface area contributed by atoms with Gasteiger partial charge in [0, 0.05) is 6.42 Å². The smallest absolute Gasteiger partial charge is 0.305 e. The van der Waals surface area contributed by atoms with E-state index in [-0.39, 0.29) is 11.4 Å². The molecule has 2 heteroatoms. The van der Waals surface area contributed by atoms with Crippen LogP contribution in [0.2, 0.25) is 0 Å². The molecule has 23 heavy (non-hydrogen) atoms. The number of hydrogen-bond acceptors (Lipinski definition) is 2. The van der Waals surface area contributed by atoms with E-state index in [0.717, 1.165) is 32.1 Å². The van der Waals surface area contributed by atoms with Crippen molar-refractivity contribution in [1.82, 2.24) is 0 Å². The number of allylic oxidation sites excluding steroid dienone is 5. The van der Waals surface area contributed by atoms with Gasteiger partial charge in [-0.3, -0.25) is 4.79 Å². The van der Waals surface area contributed by atoms with Gasteiger partial charge in [0.25, 0.3) is 0 Å². The van der Waals surface area contributed by atoms with Crippen LogP contribution in [0.15, 0.2) is 34.9 Å². The van der Waals surface area contributed by atoms with Gasteiger partial charge in [-0.25, -0.2) is 0 Å². The Balaban J connectivity index is 2.37. The van der Waals surface area contributed by atoms with Crippen LogP contribution in [-0.2, 0) is 9.53 Å². The molecule has 2 nitrogen and oxygen atoms in total. The van der Waals surface area contributed by atoms with Gasteiger partial charge in [0.2, 0.25) is 0 Å². The lowest BCUT2D eigenvalue weighted by molar-refractivity contribution is -0.141. The maximum Gasteiger partial charge on any atom is 0.305 e. The van der Waals surface area contributed by atoms with Crippen molar-refractivity contribution in [3.05, 3.63) is 34.9 Å². The van der Waals surface area contributed by atoms with Crippen LogP contribution in [0.1, 0.15) is 66.2 Å². The molecule has 2 aliphatic rings. The minimum atomic E-state index is -0.103. The molecule has 0 amide bonds. The Labute approximate surface area is 141 Å². The van der Waals surface area contributed by atoms with Gasteiger partial charge >= 0.3 is 5.97 Å². The maximum atomic E-state index is 11.7. The molecule has 2 atom stereocenters. The van der Waals surface area contributed by atoms with Gasteiger partial charge in [0.05, 0.1) is 7.11 Å². The molecule has 2 rings (SSSR count). The zero-order valence-corrected chi connectivity index (χ0v) is 15.5. The minimum Gasteiger partial charge on any atom is -0.469 e. The molecule has 128 valence electrons. The monoisotopic (exact) mass is 316 g/mol. The zero-order valence-electron chi connectivity index (χ0n) is 15.5. The van der Waals surface area contributed by atoms with Crippen molar-refractivity contribution in [2.24, 2.45) is 17.3 Å². The van der Waals surface area contributed by atoms with Gasteiger partial charge in [-0.05, 0) is 61.9 Å². The van der Waals surface area contributed by atoms with E-state index in [0.29, 0.717) is 18.3 Å². The summed E-state index contributed by atoms with van der Waals surface area (Å²) in [6.07, 6.45) is 8.41. The molecule has 0 N–H and O–H groups in total. The van der Waals surface area contributed by atoms with Crippen molar-refractivity contribution in [3.63, 3.8) is 0 Å². The van der Waals surface area contributed by atoms with Crippen molar-refractivity contribution >= 4 is 5.97 Å². The average Bonchev–Trinajstić information content (AvgIpc) is 2.52. The number of carbonyl (C=O) groups excluding carboxylic acids is 1. The summed E-state index contributed by atoms with van der Waals surface area (Å²) in [5, 5.41) is 0. The van der Waals surface area contributed by atoms with Crippen molar-refractivity contribution < 1.29 is 9.53 Å². The van der Waals surface area contributed by atoms with Crippen molar-refractivity contribution in [2.75, 3.05) is 7.11 Å². The molecule has 2 aliphatic carbocycles. The predicted molar refractivity (Wildman–Crippen MR) is 96.1 cm³/mol. The second-order valence-corrected chi connectivity index (χ2v) is 7.81. The highest BCUT2D eigenvalue weighted by Crippen LogP contribution is 2.54. The Morgan fingerprint density at radius 1 is 1.39 bits per heavy atom. The second-order valence-electron chi connectivity index (χ2n) is 7.81. The highest BCUT2D eigenvalue weighted by atomic mass is 16.5. The molecular weight excluding hydrogens is 284 g/mol. The SMILES string of the molecule is C=C(C)[C@@H]1CCC2=C(CCC(C(C)C)=C2)[C@@]1(C)CCC(=O)OC. The third kappa shape index (κ3) is 3.62. The molecule has 0 aromatic heterocycles. The van der Waals surface area contributed by atoms with E-state index in [9.17, 15) is 4.79 Å². The van der Waals surface area contributed by atoms with E-state index in [4.69, 9.17) is 4.74 Å². The summed E-state index contributed by atoms with van der Waals surface area (Å²) in [6.45, 7) is 13.3. The van der Waals surface area contributed by atoms with Gasteiger partial charge in [-0.2, -0.15) is 0 Å². The quantitative estimate of drug-likeness (QED) is 0.487. The first-order chi connectivity index (χ1) is 10.8. The molecule has 0 radical (unpaired) electrons. The van der Waals surface area contributed by atoms with Crippen LogP contribution >= 0.6 is 0 Å². The van der Waals surface area contributed by atoms with Crippen molar-refractivity contribution in [2.45, 2.75) is 66.2 Å². The molecule has 0 unspecified atom stereocenters. The van der Waals surface area contributed by atoms with Gasteiger partial charge in [0.15, 0.2) is 0 Å². The zero-order chi connectivity index (χ0) is 17.2. The summed E-state index contributed by atoms with van der Waals surface area (Å²) in [5.74, 6) is 0.998. The Hall–Kier alpha value is -1.31. The third-order valence-electron chi connectivity index (χ3n) is 5.98. The van der Waals surface area contributed by atoms with Crippen molar-refractivity contribution in [3.8, 4) is 0 Å². The molecule has 0 spiro atoms. The number of methoxy groups -OCH3 is 1. The second kappa shape index (κ2) is 7.07. The molecular formula is C21H32O2. The first-order valence-corrected chi connectivity index (χ1v) is 8.94. The first kappa shape index (κ1) is 18.0. The number of rotatable bonds is 5. The van der Waals surface area contributed by atoms with Crippen LogP contribution in [0.4, 0.5) is 0 Å². The maximum absolute atomic E-state index is 11.7. The summed E-state index contributed by atoms with van der Waals surface area (Å²) in [7, 11) is 1.48. The summed E-state index contributed by atoms with van der Waals surface area (Å²) in [4.78, 5) is 11.7. The van der Waals surface area contributed by atoms with E-state index in [2.05, 4.69) is 40.3 Å². The predicted octanol–water partition coefficient (Wildman–Crippen LogP) is 5.60. The molecule has 0 heterocycles. The molecule has 0 aromatic rings. The largest absolute Gasteiger partial charge is 0.469 e. The molecule has 0 bridgehead atoms. The Morgan fingerprint density at radius 3 is 2.65 bits per heavy atom. The minimum absolute atomic E-state index is 0.0482. The van der Waals surface area contributed by atoms with Crippen LogP contribution in [-0.4, -0.2) is 13.1 Å². The fourth-order valence-electron chi connectivity index (χ4n) is 4.55. The topological polar surface area (TPSA) is 26.3 Å². The first-order valence-electron chi connectivity index (χ1n) is 8.94. The Morgan fingerprint density at radius 2 is 2.09 bits per heavy atom. The third-order valence-corrected chi connectivity index (χ3v) is 5.98. The standard InChI is InChI=1S/C21H32O2/c1-14(2)16-7-10-19-17(13-16)8-9-18(15(3)4)21(19,5)12-11-20(22)23-6/h13-14,18H,3,7-12H2,1-2,4-6H3/t18-,21-/m0/s1. The van der Waals surface area contributed by atoms with Gasteiger partial charge in [-0.15, -0.1) is 0 Å². The molecule has 0 saturated heterocycles. The number of hydrogen-bond donors (Lipinski definition) is 0. The van der Waals surface area contributed by atoms with E-state index < -0.39 is 0 Å². The van der Waals surface area contributed by atoms with Crippen LogP contribution in [0, 0.1) is 17.3 Å². The van der Waals surface area contributed by atoms with Crippen LogP contribution in [0.25, 0.3) is 0 Å². The van der Waals surface area contributed by atoms with Crippen molar-refractivity contribution in [1.29, 1.82) is 0 Å². The number of esters is 1. The van der Waals surface area contributed by atoms with E-state index in [1.165, 1.54) is 18.3 Å². The van der Waals surface area contributed by atoms with E-state index >= 15 is 0 Å². The van der Waals surface area contributed by atoms with E-state index in [1.54, 1.807) is 11.1 Å². The Bertz CT molecular complexity index is 550. The fourth-order valence-corrected chi connectivity index (χ4v) is 4.55. The normalized spacial score (nSPS) is 27.6. The lowest BCUT2D eigenvalue weighted by atomic mass is 9.58. The van der Waals surface area contributed by atoms with Crippen LogP contribution in [0.5, 0.6) is 0 Å². The fraction of sp³-hybridized carbons (Fsp3) is 0.667. The summed E-state index contributed by atoms with van der Waals surface area (Å²) >= 11 is 0. The summed E-state index contributed by atoms with van der Waals surface area (Å²) in [6, 6.07) is 0. The molecule has 0 aromatic carbocycles. The van der Waals surface area contributed by atoms with Gasteiger partial charge < -0.3 is 4.74 Å². The highest BCUT2D eigenvalue weighted by Gasteiger charge is 2.42.